The van der Waals surface area contributed by atoms with Crippen molar-refractivity contribution in [2.75, 3.05) is 0 Å². The van der Waals surface area contributed by atoms with Crippen molar-refractivity contribution >= 4 is 21.8 Å². The van der Waals surface area contributed by atoms with E-state index in [1.807, 2.05) is 79.3 Å². The summed E-state index contributed by atoms with van der Waals surface area (Å²) in [5, 5.41) is 2.04. The first kappa shape index (κ1) is 30.9. The maximum atomic E-state index is 5.24. The van der Waals surface area contributed by atoms with Gasteiger partial charge in [0.15, 0.2) is 17.5 Å². The summed E-state index contributed by atoms with van der Waals surface area (Å²) >= 11 is 0. The molecule has 0 fully saturated rings. The van der Waals surface area contributed by atoms with Gasteiger partial charge in [-0.3, -0.25) is 15.0 Å². The summed E-state index contributed by atoms with van der Waals surface area (Å²) in [4.78, 5) is 29.7. The molecular formula is C47H32N6. The molecule has 0 unspecified atom stereocenters. The zero-order valence-corrected chi connectivity index (χ0v) is 29.2. The van der Waals surface area contributed by atoms with Crippen LogP contribution in [0.2, 0.25) is 0 Å². The van der Waals surface area contributed by atoms with Gasteiger partial charge in [-0.15, -0.1) is 0 Å². The SMILES string of the molecule is CC1(C)c2ccccc2-c2ccc(-c3nc(-c4ccccc4)nc(-c4cc(-c5ccccn5)cc(-c5cc6cccnc6c6ncccc56)c4)n3)cc21. The molecule has 4 heterocycles. The van der Waals surface area contributed by atoms with Crippen LogP contribution in [0.3, 0.4) is 0 Å². The van der Waals surface area contributed by atoms with E-state index in [-0.39, 0.29) is 5.41 Å². The predicted octanol–water partition coefficient (Wildman–Crippen LogP) is 11.0. The largest absolute Gasteiger partial charge is 0.256 e. The van der Waals surface area contributed by atoms with E-state index in [9.17, 15) is 0 Å². The fourth-order valence-electron chi connectivity index (χ4n) is 7.80. The molecular weight excluding hydrogens is 649 g/mol. The van der Waals surface area contributed by atoms with E-state index in [2.05, 4.69) is 92.7 Å². The van der Waals surface area contributed by atoms with Gasteiger partial charge in [-0.2, -0.15) is 0 Å². The molecule has 0 bridgehead atoms. The molecule has 1 aliphatic carbocycles. The normalized spacial score (nSPS) is 12.9. The number of rotatable bonds is 5. The molecule has 4 aromatic heterocycles. The molecule has 5 aromatic carbocycles. The summed E-state index contributed by atoms with van der Waals surface area (Å²) in [5.41, 5.74) is 13.3. The van der Waals surface area contributed by atoms with Crippen LogP contribution in [0.4, 0.5) is 0 Å². The summed E-state index contributed by atoms with van der Waals surface area (Å²) in [6, 6.07) is 48.3. The Bertz CT molecular complexity index is 2870. The molecule has 0 saturated carbocycles. The lowest BCUT2D eigenvalue weighted by atomic mass is 9.82. The fourth-order valence-corrected chi connectivity index (χ4v) is 7.80. The van der Waals surface area contributed by atoms with Crippen molar-refractivity contribution in [2.45, 2.75) is 19.3 Å². The Morgan fingerprint density at radius 2 is 1.06 bits per heavy atom. The number of fused-ring (bicyclic) bond motifs is 6. The van der Waals surface area contributed by atoms with Gasteiger partial charge in [0, 0.05) is 57.0 Å². The Balaban J connectivity index is 1.21. The van der Waals surface area contributed by atoms with Crippen LogP contribution < -0.4 is 0 Å². The van der Waals surface area contributed by atoms with Crippen molar-refractivity contribution in [3.63, 3.8) is 0 Å². The molecule has 53 heavy (non-hydrogen) atoms. The number of aromatic nitrogens is 6. The Morgan fingerprint density at radius 1 is 0.396 bits per heavy atom. The molecule has 0 amide bonds. The van der Waals surface area contributed by atoms with Gasteiger partial charge in [0.2, 0.25) is 0 Å². The third-order valence-corrected chi connectivity index (χ3v) is 10.4. The van der Waals surface area contributed by atoms with Crippen LogP contribution >= 0.6 is 0 Å². The lowest BCUT2D eigenvalue weighted by Gasteiger charge is -2.21. The van der Waals surface area contributed by atoms with Crippen LogP contribution in [0.5, 0.6) is 0 Å². The van der Waals surface area contributed by atoms with Gasteiger partial charge in [0.05, 0.1) is 16.7 Å². The van der Waals surface area contributed by atoms with Crippen molar-refractivity contribution in [3.05, 3.63) is 169 Å². The molecule has 1 aliphatic rings. The lowest BCUT2D eigenvalue weighted by Crippen LogP contribution is -2.15. The minimum atomic E-state index is -0.154. The molecule has 0 spiro atoms. The molecule has 9 aromatic rings. The van der Waals surface area contributed by atoms with E-state index in [1.54, 1.807) is 0 Å². The summed E-state index contributed by atoms with van der Waals surface area (Å²) in [6.45, 7) is 4.59. The topological polar surface area (TPSA) is 77.3 Å². The quantitative estimate of drug-likeness (QED) is 0.168. The molecule has 10 rings (SSSR count). The Morgan fingerprint density at radius 3 is 1.89 bits per heavy atom. The second-order valence-electron chi connectivity index (χ2n) is 14.0. The van der Waals surface area contributed by atoms with E-state index in [1.165, 1.54) is 22.3 Å². The second-order valence-corrected chi connectivity index (χ2v) is 14.0. The molecule has 250 valence electrons. The maximum absolute atomic E-state index is 5.24. The van der Waals surface area contributed by atoms with E-state index >= 15 is 0 Å². The van der Waals surface area contributed by atoms with Crippen molar-refractivity contribution in [1.82, 2.24) is 29.9 Å². The van der Waals surface area contributed by atoms with E-state index in [0.29, 0.717) is 17.5 Å². The number of hydrogen-bond acceptors (Lipinski definition) is 6. The second kappa shape index (κ2) is 12.1. The fraction of sp³-hybridized carbons (Fsp3) is 0.0638. The minimum Gasteiger partial charge on any atom is -0.256 e. The standard InChI is InChI=1S/C47H32N6/c1-47(2)39-17-7-6-15-35(39)36-20-19-31(28-40(36)47)45-51-44(29-12-4-3-5-13-29)52-46(53-45)34-25-32(24-33(26-34)41-18-8-9-21-48-41)38-27-30-14-10-22-49-42(30)43-37(38)16-11-23-50-43/h3-28H,1-2H3. The van der Waals surface area contributed by atoms with Gasteiger partial charge in [-0.05, 0) is 88.0 Å². The molecule has 0 atom stereocenters. The van der Waals surface area contributed by atoms with Gasteiger partial charge in [-0.25, -0.2) is 15.0 Å². The van der Waals surface area contributed by atoms with Gasteiger partial charge in [-0.1, -0.05) is 98.8 Å². The van der Waals surface area contributed by atoms with Crippen molar-refractivity contribution in [2.24, 2.45) is 0 Å². The zero-order valence-electron chi connectivity index (χ0n) is 29.2. The number of hydrogen-bond donors (Lipinski definition) is 0. The van der Waals surface area contributed by atoms with Crippen molar-refractivity contribution in [3.8, 4) is 67.7 Å². The summed E-state index contributed by atoms with van der Waals surface area (Å²) in [7, 11) is 0. The first-order valence-corrected chi connectivity index (χ1v) is 17.8. The van der Waals surface area contributed by atoms with Gasteiger partial charge >= 0.3 is 0 Å². The van der Waals surface area contributed by atoms with Crippen molar-refractivity contribution in [1.29, 1.82) is 0 Å². The highest BCUT2D eigenvalue weighted by Crippen LogP contribution is 2.49. The lowest BCUT2D eigenvalue weighted by molar-refractivity contribution is 0.660. The molecule has 6 heteroatoms. The van der Waals surface area contributed by atoms with Gasteiger partial charge < -0.3 is 0 Å². The summed E-state index contributed by atoms with van der Waals surface area (Å²) in [6.07, 6.45) is 5.47. The minimum absolute atomic E-state index is 0.154. The average Bonchev–Trinajstić information content (AvgIpc) is 3.46. The van der Waals surface area contributed by atoms with E-state index in [4.69, 9.17) is 29.9 Å². The molecule has 0 saturated heterocycles. The third-order valence-electron chi connectivity index (χ3n) is 10.4. The number of pyridine rings is 3. The smallest absolute Gasteiger partial charge is 0.164 e. The first-order valence-electron chi connectivity index (χ1n) is 17.8. The first-order chi connectivity index (χ1) is 26.0. The highest BCUT2D eigenvalue weighted by atomic mass is 15.0. The third kappa shape index (κ3) is 5.18. The van der Waals surface area contributed by atoms with Gasteiger partial charge in [0.1, 0.15) is 0 Å². The van der Waals surface area contributed by atoms with Crippen LogP contribution in [0, 0.1) is 0 Å². The van der Waals surface area contributed by atoms with Crippen LogP contribution in [0.15, 0.2) is 158 Å². The summed E-state index contributed by atoms with van der Waals surface area (Å²) in [5.74, 6) is 1.82. The van der Waals surface area contributed by atoms with E-state index in [0.717, 1.165) is 60.9 Å². The Hall–Kier alpha value is -6.92. The average molecular weight is 681 g/mol. The molecule has 0 N–H and O–H groups in total. The van der Waals surface area contributed by atoms with Crippen LogP contribution in [0.1, 0.15) is 25.0 Å². The highest BCUT2D eigenvalue weighted by Gasteiger charge is 2.35. The van der Waals surface area contributed by atoms with Crippen LogP contribution in [-0.2, 0) is 5.41 Å². The molecule has 6 nitrogen and oxygen atoms in total. The van der Waals surface area contributed by atoms with Crippen LogP contribution in [0.25, 0.3) is 89.5 Å². The van der Waals surface area contributed by atoms with Crippen LogP contribution in [-0.4, -0.2) is 29.9 Å². The Kier molecular flexibility index (Phi) is 7.05. The molecule has 0 radical (unpaired) electrons. The summed E-state index contributed by atoms with van der Waals surface area (Å²) < 4.78 is 0. The Labute approximate surface area is 307 Å². The number of nitrogens with zero attached hydrogens (tertiary/aromatic N) is 6. The van der Waals surface area contributed by atoms with E-state index < -0.39 is 0 Å². The molecule has 0 aliphatic heterocycles. The van der Waals surface area contributed by atoms with Crippen molar-refractivity contribution < 1.29 is 0 Å². The predicted molar refractivity (Wildman–Crippen MR) is 213 cm³/mol. The highest BCUT2D eigenvalue weighted by molar-refractivity contribution is 6.10. The van der Waals surface area contributed by atoms with Gasteiger partial charge in [0.25, 0.3) is 0 Å². The number of benzene rings is 5. The zero-order chi connectivity index (χ0) is 35.5. The maximum Gasteiger partial charge on any atom is 0.164 e. The monoisotopic (exact) mass is 680 g/mol.